The molecule has 0 aliphatic carbocycles. The van der Waals surface area contributed by atoms with Crippen molar-refractivity contribution in [2.75, 3.05) is 19.2 Å². The number of ether oxygens (including phenoxy) is 3. The van der Waals surface area contributed by atoms with Gasteiger partial charge in [0.1, 0.15) is 17.7 Å². The molecule has 4 aromatic rings. The molecule has 0 fully saturated rings. The number of pyridine rings is 1. The minimum Gasteiger partial charge on any atom is -0.493 e. The normalized spacial score (nSPS) is 13.4. The number of nitrogens with two attached hydrogens (primary N) is 1. The van der Waals surface area contributed by atoms with Crippen LogP contribution in [0.4, 0.5) is 14.5 Å². The Morgan fingerprint density at radius 3 is 2.84 bits per heavy atom. The number of nitrogens with one attached hydrogen (secondary N) is 3. The van der Waals surface area contributed by atoms with Gasteiger partial charge in [0.15, 0.2) is 35.8 Å². The summed E-state index contributed by atoms with van der Waals surface area (Å²) in [5, 5.41) is 14.9. The molecule has 5 rings (SSSR count). The topological polar surface area (TPSA) is 153 Å². The smallest absolute Gasteiger partial charge is 0.349 e. The van der Waals surface area contributed by atoms with E-state index in [0.717, 1.165) is 10.7 Å². The molecule has 2 aromatic carbocycles. The van der Waals surface area contributed by atoms with Gasteiger partial charge < -0.3 is 25.3 Å². The van der Waals surface area contributed by atoms with Crippen LogP contribution in [0.25, 0.3) is 5.82 Å². The van der Waals surface area contributed by atoms with E-state index in [1.165, 1.54) is 37.6 Å². The van der Waals surface area contributed by atoms with Crippen molar-refractivity contribution < 1.29 is 23.0 Å². The molecule has 1 aliphatic rings. The highest BCUT2D eigenvalue weighted by Crippen LogP contribution is 2.38. The van der Waals surface area contributed by atoms with E-state index in [2.05, 4.69) is 20.4 Å². The fourth-order valence-electron chi connectivity index (χ4n) is 3.97. The molecular weight excluding hydrogens is 488 g/mol. The Bertz CT molecular complexity index is 1540. The highest BCUT2D eigenvalue weighted by molar-refractivity contribution is 5.95. The molecule has 2 aromatic heterocycles. The average Bonchev–Trinajstić information content (AvgIpc) is 3.27. The van der Waals surface area contributed by atoms with Crippen molar-refractivity contribution in [3.63, 3.8) is 0 Å². The minimum atomic E-state index is -0.871. The summed E-state index contributed by atoms with van der Waals surface area (Å²) in [6.07, 6.45) is 1.34. The molecular formula is C24H21F2N7O4. The first-order valence-corrected chi connectivity index (χ1v) is 11.0. The van der Waals surface area contributed by atoms with Gasteiger partial charge in [0, 0.05) is 17.4 Å². The minimum absolute atomic E-state index is 0.0600. The van der Waals surface area contributed by atoms with Crippen molar-refractivity contribution in [1.82, 2.24) is 19.7 Å². The third kappa shape index (κ3) is 4.59. The van der Waals surface area contributed by atoms with Gasteiger partial charge in [-0.15, -0.1) is 5.10 Å². The van der Waals surface area contributed by atoms with Gasteiger partial charge in [-0.05, 0) is 48.0 Å². The Balaban J connectivity index is 1.63. The fraction of sp³-hybridized carbons (Fsp3) is 0.167. The van der Waals surface area contributed by atoms with Crippen LogP contribution >= 0.6 is 0 Å². The lowest BCUT2D eigenvalue weighted by Crippen LogP contribution is -2.18. The Hall–Kier alpha value is -4.78. The molecule has 37 heavy (non-hydrogen) atoms. The van der Waals surface area contributed by atoms with Crippen LogP contribution in [0.15, 0.2) is 53.5 Å². The van der Waals surface area contributed by atoms with Crippen LogP contribution < -0.4 is 26.2 Å². The number of rotatable bonds is 7. The maximum absolute atomic E-state index is 14.6. The van der Waals surface area contributed by atoms with Crippen LogP contribution in [0.1, 0.15) is 28.6 Å². The third-order valence-electron chi connectivity index (χ3n) is 5.67. The van der Waals surface area contributed by atoms with Gasteiger partial charge in [-0.3, -0.25) is 10.4 Å². The Labute approximate surface area is 208 Å². The predicted octanol–water partition coefficient (Wildman–Crippen LogP) is 2.59. The van der Waals surface area contributed by atoms with E-state index in [1.54, 1.807) is 12.1 Å². The van der Waals surface area contributed by atoms with Crippen molar-refractivity contribution in [3.8, 4) is 17.3 Å². The number of nitrogens with zero attached hydrogens (tertiary/aromatic N) is 3. The lowest BCUT2D eigenvalue weighted by atomic mass is 10.0. The second-order valence-electron chi connectivity index (χ2n) is 8.04. The molecule has 3 heterocycles. The fourth-order valence-corrected chi connectivity index (χ4v) is 3.97. The van der Waals surface area contributed by atoms with Crippen molar-refractivity contribution >= 4 is 11.5 Å². The number of amidine groups is 1. The Morgan fingerprint density at radius 2 is 2.11 bits per heavy atom. The molecule has 11 nitrogen and oxygen atoms in total. The molecule has 0 saturated carbocycles. The maximum atomic E-state index is 14.6. The van der Waals surface area contributed by atoms with Crippen LogP contribution in [0.3, 0.4) is 0 Å². The van der Waals surface area contributed by atoms with E-state index in [9.17, 15) is 13.6 Å². The zero-order chi connectivity index (χ0) is 26.1. The number of anilines is 1. The molecule has 5 N–H and O–H groups in total. The van der Waals surface area contributed by atoms with Crippen molar-refractivity contribution in [2.24, 2.45) is 5.73 Å². The lowest BCUT2D eigenvalue weighted by Gasteiger charge is -2.24. The van der Waals surface area contributed by atoms with Crippen LogP contribution in [0.2, 0.25) is 0 Å². The summed E-state index contributed by atoms with van der Waals surface area (Å²) in [5.41, 5.74) is 6.18. The van der Waals surface area contributed by atoms with Gasteiger partial charge in [-0.1, -0.05) is 0 Å². The van der Waals surface area contributed by atoms with Crippen molar-refractivity contribution in [1.29, 1.82) is 5.41 Å². The number of fused-ring (bicyclic) bond motifs is 1. The summed E-state index contributed by atoms with van der Waals surface area (Å²) in [6.45, 7) is 0.317. The van der Waals surface area contributed by atoms with Crippen LogP contribution in [-0.2, 0) is 11.3 Å². The Kier molecular flexibility index (Phi) is 6.27. The van der Waals surface area contributed by atoms with E-state index >= 15 is 0 Å². The molecule has 1 aliphatic heterocycles. The molecule has 0 amide bonds. The van der Waals surface area contributed by atoms with Crippen LogP contribution in [0.5, 0.6) is 11.5 Å². The number of aromatic amines is 1. The van der Waals surface area contributed by atoms with Crippen LogP contribution in [-0.4, -0.2) is 39.5 Å². The van der Waals surface area contributed by atoms with Gasteiger partial charge in [0.05, 0.1) is 19.3 Å². The number of aromatic nitrogens is 4. The SMILES string of the molecule is COc1cc(C(Nc2ccc(C(=N)N)c(F)c2)c2nn(-c3ncccc3F)c(=O)[nH]2)cc2c1OCOC2. The number of hydrogen-bond donors (Lipinski definition) is 4. The third-order valence-corrected chi connectivity index (χ3v) is 5.67. The highest BCUT2D eigenvalue weighted by atomic mass is 19.1. The zero-order valence-electron chi connectivity index (χ0n) is 19.4. The van der Waals surface area contributed by atoms with Crippen molar-refractivity contribution in [2.45, 2.75) is 12.6 Å². The number of H-pyrrole nitrogens is 1. The predicted molar refractivity (Wildman–Crippen MR) is 128 cm³/mol. The standard InChI is InChI=1S/C24H21F2N7O4/c1-35-18-8-12(7-13-10-36-11-37-20(13)18)19(30-14-4-5-15(21(27)28)17(26)9-14)22-31-24(34)33(32-22)23-16(25)3-2-6-29-23/h2-9,19,30H,10-11H2,1H3,(H3,27,28)(H,31,32,34). The number of hydrogen-bond acceptors (Lipinski definition) is 8. The molecule has 0 spiro atoms. The molecule has 1 atom stereocenters. The van der Waals surface area contributed by atoms with E-state index in [0.29, 0.717) is 28.3 Å². The second kappa shape index (κ2) is 9.70. The zero-order valence-corrected chi connectivity index (χ0v) is 19.4. The summed E-state index contributed by atoms with van der Waals surface area (Å²) < 4.78 is 46.2. The molecule has 0 radical (unpaired) electrons. The van der Waals surface area contributed by atoms with Crippen molar-refractivity contribution in [3.05, 3.63) is 93.3 Å². The Morgan fingerprint density at radius 1 is 1.27 bits per heavy atom. The molecule has 1 unspecified atom stereocenters. The summed E-state index contributed by atoms with van der Waals surface area (Å²) in [5.74, 6) is -1.13. The first-order valence-electron chi connectivity index (χ1n) is 11.0. The summed E-state index contributed by atoms with van der Waals surface area (Å²) in [4.78, 5) is 19.3. The number of nitrogen functional groups attached to an aromatic ring is 1. The number of methoxy groups -OCH3 is 1. The highest BCUT2D eigenvalue weighted by Gasteiger charge is 2.26. The maximum Gasteiger partial charge on any atom is 0.349 e. The second-order valence-corrected chi connectivity index (χ2v) is 8.04. The molecule has 0 bridgehead atoms. The number of halogens is 2. The van der Waals surface area contributed by atoms with Gasteiger partial charge >= 0.3 is 5.69 Å². The number of benzene rings is 2. The summed E-state index contributed by atoms with van der Waals surface area (Å²) in [7, 11) is 1.48. The lowest BCUT2D eigenvalue weighted by molar-refractivity contribution is -0.0180. The first-order chi connectivity index (χ1) is 17.9. The molecule has 13 heteroatoms. The quantitative estimate of drug-likeness (QED) is 0.219. The largest absolute Gasteiger partial charge is 0.493 e. The van der Waals surface area contributed by atoms with Gasteiger partial charge in [-0.2, -0.15) is 4.68 Å². The van der Waals surface area contributed by atoms with E-state index in [1.807, 2.05) is 0 Å². The van der Waals surface area contributed by atoms with Gasteiger partial charge in [-0.25, -0.2) is 18.6 Å². The van der Waals surface area contributed by atoms with Gasteiger partial charge in [0.25, 0.3) is 0 Å². The summed E-state index contributed by atoms with van der Waals surface area (Å²) >= 11 is 0. The van der Waals surface area contributed by atoms with Crippen LogP contribution in [0, 0.1) is 17.0 Å². The van der Waals surface area contributed by atoms with E-state index in [4.69, 9.17) is 25.4 Å². The average molecular weight is 509 g/mol. The monoisotopic (exact) mass is 509 g/mol. The molecule has 190 valence electrons. The molecule has 0 saturated heterocycles. The van der Waals surface area contributed by atoms with Gasteiger partial charge in [0.2, 0.25) is 0 Å². The van der Waals surface area contributed by atoms with E-state index < -0.39 is 29.2 Å². The summed E-state index contributed by atoms with van der Waals surface area (Å²) in [6, 6.07) is 9.19. The van der Waals surface area contributed by atoms with E-state index in [-0.39, 0.29) is 30.6 Å². The first kappa shape index (κ1) is 23.9.